The summed E-state index contributed by atoms with van der Waals surface area (Å²) in [6.45, 7) is 2.28. The lowest BCUT2D eigenvalue weighted by Crippen LogP contribution is -2.16. The molecule has 1 atom stereocenters. The van der Waals surface area contributed by atoms with Crippen molar-refractivity contribution >= 4 is 8.60 Å². The highest BCUT2D eigenvalue weighted by atomic mass is 31.2. The fourth-order valence-corrected chi connectivity index (χ4v) is 5.81. The van der Waals surface area contributed by atoms with E-state index in [-0.39, 0.29) is 6.10 Å². The Morgan fingerprint density at radius 1 is 0.676 bits per heavy atom. The minimum absolute atomic E-state index is 0.234. The summed E-state index contributed by atoms with van der Waals surface area (Å²) in [4.78, 5) is 0. The van der Waals surface area contributed by atoms with Gasteiger partial charge in [-0.3, -0.25) is 4.52 Å². The average molecular weight is 485 g/mol. The maximum Gasteiger partial charge on any atom is 0.463 e. The van der Waals surface area contributed by atoms with Crippen molar-refractivity contribution in [2.45, 2.75) is 116 Å². The van der Waals surface area contributed by atoms with E-state index >= 15 is 0 Å². The molecule has 0 aromatic heterocycles. The second-order valence-electron chi connectivity index (χ2n) is 9.62. The highest BCUT2D eigenvalue weighted by Crippen LogP contribution is 2.45. The van der Waals surface area contributed by atoms with Crippen molar-refractivity contribution in [1.29, 1.82) is 0 Å². The molecule has 0 aliphatic heterocycles. The van der Waals surface area contributed by atoms with Gasteiger partial charge in [-0.15, -0.1) is 0 Å². The molecule has 1 fully saturated rings. The first-order chi connectivity index (χ1) is 16.8. The van der Waals surface area contributed by atoms with E-state index in [4.69, 9.17) is 13.6 Å². The van der Waals surface area contributed by atoms with Crippen LogP contribution in [0.1, 0.15) is 109 Å². The zero-order chi connectivity index (χ0) is 23.7. The van der Waals surface area contributed by atoms with E-state index in [2.05, 4.69) is 25.1 Å². The zero-order valence-electron chi connectivity index (χ0n) is 21.3. The summed E-state index contributed by atoms with van der Waals surface area (Å²) < 4.78 is 19.0. The van der Waals surface area contributed by atoms with Gasteiger partial charge in [-0.2, -0.15) is 0 Å². The predicted molar refractivity (Wildman–Crippen MR) is 145 cm³/mol. The molecule has 0 spiro atoms. The van der Waals surface area contributed by atoms with Crippen LogP contribution in [0.3, 0.4) is 0 Å². The zero-order valence-corrected chi connectivity index (χ0v) is 22.2. The van der Waals surface area contributed by atoms with Gasteiger partial charge < -0.3 is 9.05 Å². The standard InChI is InChI=1S/C30H45O3P/c1-2-3-4-5-6-7-8-9-10-13-20-27-21-18-19-26-30(27)33-34(31-28-22-14-11-15-23-28)32-29-24-16-12-17-25-29/h11,14-15,18-19,21-23,26,29H,2-10,12-13,16-17,20,24-25H2,1H3. The summed E-state index contributed by atoms with van der Waals surface area (Å²) in [5.74, 6) is 1.72. The van der Waals surface area contributed by atoms with Crippen molar-refractivity contribution in [1.82, 2.24) is 0 Å². The highest BCUT2D eigenvalue weighted by molar-refractivity contribution is 7.42. The minimum Gasteiger partial charge on any atom is -0.418 e. The number of unbranched alkanes of at least 4 members (excludes halogenated alkanes) is 9. The monoisotopic (exact) mass is 484 g/mol. The Bertz CT molecular complexity index is 761. The van der Waals surface area contributed by atoms with Gasteiger partial charge in [0.1, 0.15) is 11.5 Å². The normalized spacial score (nSPS) is 15.2. The lowest BCUT2D eigenvalue weighted by molar-refractivity contribution is 0.138. The molecule has 0 amide bonds. The molecular formula is C30H45O3P. The molecule has 3 nitrogen and oxygen atoms in total. The molecule has 34 heavy (non-hydrogen) atoms. The van der Waals surface area contributed by atoms with Gasteiger partial charge in [-0.1, -0.05) is 120 Å². The number of rotatable bonds is 17. The summed E-state index contributed by atoms with van der Waals surface area (Å²) in [6, 6.07) is 18.3. The van der Waals surface area contributed by atoms with Gasteiger partial charge in [0.15, 0.2) is 0 Å². The third kappa shape index (κ3) is 10.8. The Kier molecular flexibility index (Phi) is 13.5. The molecule has 3 rings (SSSR count). The molecule has 1 aliphatic carbocycles. The van der Waals surface area contributed by atoms with Crippen LogP contribution in [0.15, 0.2) is 54.6 Å². The first-order valence-corrected chi connectivity index (χ1v) is 14.9. The molecule has 1 aliphatic rings. The van der Waals surface area contributed by atoms with Crippen molar-refractivity contribution in [2.24, 2.45) is 0 Å². The Labute approximate surface area is 209 Å². The van der Waals surface area contributed by atoms with Crippen LogP contribution in [0.2, 0.25) is 0 Å². The summed E-state index contributed by atoms with van der Waals surface area (Å²) >= 11 is 0. The van der Waals surface area contributed by atoms with Crippen molar-refractivity contribution in [3.8, 4) is 11.5 Å². The Morgan fingerprint density at radius 2 is 1.29 bits per heavy atom. The molecule has 0 radical (unpaired) electrons. The molecule has 0 saturated heterocycles. The highest BCUT2D eigenvalue weighted by Gasteiger charge is 2.25. The third-order valence-electron chi connectivity index (χ3n) is 6.66. The molecule has 1 saturated carbocycles. The Balaban J connectivity index is 1.47. The van der Waals surface area contributed by atoms with Gasteiger partial charge in [0.25, 0.3) is 0 Å². The molecule has 2 aromatic rings. The van der Waals surface area contributed by atoms with Gasteiger partial charge in [-0.25, -0.2) is 0 Å². The van der Waals surface area contributed by atoms with Crippen molar-refractivity contribution < 1.29 is 13.6 Å². The van der Waals surface area contributed by atoms with Crippen molar-refractivity contribution in [3.63, 3.8) is 0 Å². The number of benzene rings is 2. The number of hydrogen-bond donors (Lipinski definition) is 0. The first-order valence-electron chi connectivity index (χ1n) is 13.8. The fourth-order valence-electron chi connectivity index (χ4n) is 4.60. The lowest BCUT2D eigenvalue weighted by atomic mass is 9.98. The summed E-state index contributed by atoms with van der Waals surface area (Å²) in [7, 11) is -1.49. The summed E-state index contributed by atoms with van der Waals surface area (Å²) in [5.41, 5.74) is 1.26. The average Bonchev–Trinajstić information content (AvgIpc) is 2.87. The molecular weight excluding hydrogens is 439 g/mol. The number of aryl methyl sites for hydroxylation is 1. The fraction of sp³-hybridized carbons (Fsp3) is 0.600. The molecule has 188 valence electrons. The SMILES string of the molecule is CCCCCCCCCCCCc1ccccc1OP(Oc1ccccc1)OC1CCCCC1. The largest absolute Gasteiger partial charge is 0.463 e. The van der Waals surface area contributed by atoms with E-state index in [1.165, 1.54) is 89.0 Å². The molecule has 1 unspecified atom stereocenters. The van der Waals surface area contributed by atoms with E-state index in [1.807, 2.05) is 36.4 Å². The van der Waals surface area contributed by atoms with Gasteiger partial charge in [0.05, 0.1) is 6.10 Å². The second-order valence-corrected chi connectivity index (χ2v) is 10.6. The van der Waals surface area contributed by atoms with Crippen LogP contribution in [0.5, 0.6) is 11.5 Å². The number of para-hydroxylation sites is 2. The minimum atomic E-state index is -1.49. The van der Waals surface area contributed by atoms with Crippen LogP contribution in [0.4, 0.5) is 0 Å². The van der Waals surface area contributed by atoms with Gasteiger partial charge in [0, 0.05) is 0 Å². The third-order valence-corrected chi connectivity index (χ3v) is 7.83. The molecule has 0 heterocycles. The molecule has 0 bridgehead atoms. The smallest absolute Gasteiger partial charge is 0.418 e. The van der Waals surface area contributed by atoms with Crippen LogP contribution >= 0.6 is 8.60 Å². The maximum absolute atomic E-state index is 6.41. The summed E-state index contributed by atoms with van der Waals surface area (Å²) in [6.07, 6.45) is 20.8. The van der Waals surface area contributed by atoms with Crippen LogP contribution < -0.4 is 9.05 Å². The van der Waals surface area contributed by atoms with Crippen molar-refractivity contribution in [3.05, 3.63) is 60.2 Å². The molecule has 4 heteroatoms. The van der Waals surface area contributed by atoms with E-state index in [0.29, 0.717) is 0 Å². The summed E-state index contributed by atoms with van der Waals surface area (Å²) in [5, 5.41) is 0. The molecule has 0 N–H and O–H groups in total. The van der Waals surface area contributed by atoms with Crippen molar-refractivity contribution in [2.75, 3.05) is 0 Å². The maximum atomic E-state index is 6.41. The van der Waals surface area contributed by atoms with Gasteiger partial charge >= 0.3 is 8.60 Å². The Morgan fingerprint density at radius 3 is 2.00 bits per heavy atom. The van der Waals surface area contributed by atoms with Crippen LogP contribution in [0, 0.1) is 0 Å². The Hall–Kier alpha value is -1.57. The van der Waals surface area contributed by atoms with Crippen LogP contribution in [-0.4, -0.2) is 6.10 Å². The first kappa shape index (κ1) is 27.0. The topological polar surface area (TPSA) is 27.7 Å². The van der Waals surface area contributed by atoms with Gasteiger partial charge in [-0.05, 0) is 49.4 Å². The van der Waals surface area contributed by atoms with E-state index in [0.717, 1.165) is 30.8 Å². The number of hydrogen-bond acceptors (Lipinski definition) is 3. The quantitative estimate of drug-likeness (QED) is 0.165. The van der Waals surface area contributed by atoms with Crippen LogP contribution in [-0.2, 0) is 10.9 Å². The van der Waals surface area contributed by atoms with Crippen LogP contribution in [0.25, 0.3) is 0 Å². The second kappa shape index (κ2) is 17.0. The predicted octanol–water partition coefficient (Wildman–Crippen LogP) is 10.2. The molecule has 2 aromatic carbocycles. The van der Waals surface area contributed by atoms with E-state index in [9.17, 15) is 0 Å². The lowest BCUT2D eigenvalue weighted by Gasteiger charge is -2.26. The van der Waals surface area contributed by atoms with E-state index < -0.39 is 8.60 Å². The van der Waals surface area contributed by atoms with Gasteiger partial charge in [0.2, 0.25) is 0 Å². The van der Waals surface area contributed by atoms with E-state index in [1.54, 1.807) is 0 Å².